The summed E-state index contributed by atoms with van der Waals surface area (Å²) >= 11 is 3.32. The minimum absolute atomic E-state index is 0.0328. The molecule has 1 aromatic carbocycles. The lowest BCUT2D eigenvalue weighted by molar-refractivity contribution is -0.121. The van der Waals surface area contributed by atoms with Crippen molar-refractivity contribution in [1.82, 2.24) is 10.2 Å². The molecule has 0 aliphatic rings. The highest BCUT2D eigenvalue weighted by molar-refractivity contribution is 9.10. The molecule has 0 atom stereocenters. The molecule has 0 radical (unpaired) electrons. The van der Waals surface area contributed by atoms with E-state index >= 15 is 0 Å². The Kier molecular flexibility index (Phi) is 5.82. The largest absolute Gasteiger partial charge is 0.496 e. The van der Waals surface area contributed by atoms with Crippen molar-refractivity contribution >= 4 is 27.7 Å². The predicted octanol–water partition coefficient (Wildman–Crippen LogP) is 1.67. The van der Waals surface area contributed by atoms with E-state index in [0.717, 1.165) is 4.47 Å². The second-order valence-electron chi connectivity index (χ2n) is 3.84. The monoisotopic (exact) mass is 328 g/mol. The number of hydrogen-bond donors (Lipinski definition) is 1. The average Bonchev–Trinajstić information content (AvgIpc) is 2.43. The number of methoxy groups -OCH3 is 1. The summed E-state index contributed by atoms with van der Waals surface area (Å²) in [5.41, 5.74) is 0.441. The van der Waals surface area contributed by atoms with Crippen LogP contribution in [0, 0.1) is 0 Å². The van der Waals surface area contributed by atoms with Crippen molar-refractivity contribution in [1.29, 1.82) is 0 Å². The third kappa shape index (κ3) is 3.96. The molecular formula is C13H17BrN2O3. The highest BCUT2D eigenvalue weighted by Gasteiger charge is 2.20. The molecule has 0 spiro atoms. The smallest absolute Gasteiger partial charge is 0.258 e. The van der Waals surface area contributed by atoms with Crippen molar-refractivity contribution in [2.75, 3.05) is 27.2 Å². The van der Waals surface area contributed by atoms with E-state index in [-0.39, 0.29) is 18.4 Å². The summed E-state index contributed by atoms with van der Waals surface area (Å²) in [5.74, 6) is 0.0523. The molecule has 0 aliphatic heterocycles. The van der Waals surface area contributed by atoms with Crippen LogP contribution in [0.2, 0.25) is 0 Å². The van der Waals surface area contributed by atoms with Crippen LogP contribution in [0.25, 0.3) is 0 Å². The lowest BCUT2D eigenvalue weighted by atomic mass is 10.1. The summed E-state index contributed by atoms with van der Waals surface area (Å²) < 4.78 is 6.02. The number of nitrogens with zero attached hydrogens (tertiary/aromatic N) is 1. The fourth-order valence-corrected chi connectivity index (χ4v) is 1.93. The molecule has 19 heavy (non-hydrogen) atoms. The second-order valence-corrected chi connectivity index (χ2v) is 4.75. The van der Waals surface area contributed by atoms with E-state index in [1.54, 1.807) is 25.2 Å². The third-order valence-electron chi connectivity index (χ3n) is 2.68. The van der Waals surface area contributed by atoms with Gasteiger partial charge in [-0.3, -0.25) is 9.59 Å². The van der Waals surface area contributed by atoms with Crippen LogP contribution in [0.5, 0.6) is 5.75 Å². The maximum Gasteiger partial charge on any atom is 0.258 e. The Bertz CT molecular complexity index is 477. The molecule has 0 unspecified atom stereocenters. The van der Waals surface area contributed by atoms with Crippen molar-refractivity contribution in [2.45, 2.75) is 6.92 Å². The average molecular weight is 329 g/mol. The SMILES string of the molecule is CCN(CC(=O)NC)C(=O)c1ccc(Br)cc1OC. The topological polar surface area (TPSA) is 58.6 Å². The third-order valence-corrected chi connectivity index (χ3v) is 3.17. The lowest BCUT2D eigenvalue weighted by Gasteiger charge is -2.21. The van der Waals surface area contributed by atoms with Gasteiger partial charge in [-0.05, 0) is 25.1 Å². The summed E-state index contributed by atoms with van der Waals surface area (Å²) in [6.07, 6.45) is 0. The second kappa shape index (κ2) is 7.13. The van der Waals surface area contributed by atoms with Gasteiger partial charge in [-0.1, -0.05) is 15.9 Å². The Balaban J connectivity index is 3.00. The Hall–Kier alpha value is -1.56. The number of carbonyl (C=O) groups excluding carboxylic acids is 2. The molecule has 1 aromatic rings. The molecule has 104 valence electrons. The number of rotatable bonds is 5. The van der Waals surface area contributed by atoms with Crippen LogP contribution in [0.3, 0.4) is 0 Å². The molecule has 0 saturated carbocycles. The van der Waals surface area contributed by atoms with Gasteiger partial charge in [0, 0.05) is 18.1 Å². The van der Waals surface area contributed by atoms with Gasteiger partial charge >= 0.3 is 0 Å². The first-order valence-corrected chi connectivity index (χ1v) is 6.66. The van der Waals surface area contributed by atoms with Crippen LogP contribution in [0.4, 0.5) is 0 Å². The molecule has 6 heteroatoms. The number of ether oxygens (including phenoxy) is 1. The number of hydrogen-bond acceptors (Lipinski definition) is 3. The van der Waals surface area contributed by atoms with Gasteiger partial charge in [-0.25, -0.2) is 0 Å². The highest BCUT2D eigenvalue weighted by atomic mass is 79.9. The van der Waals surface area contributed by atoms with Gasteiger partial charge < -0.3 is 15.0 Å². The maximum absolute atomic E-state index is 12.4. The van der Waals surface area contributed by atoms with Crippen molar-refractivity contribution < 1.29 is 14.3 Å². The van der Waals surface area contributed by atoms with Crippen LogP contribution < -0.4 is 10.1 Å². The number of carbonyl (C=O) groups is 2. The fourth-order valence-electron chi connectivity index (χ4n) is 1.59. The van der Waals surface area contributed by atoms with Crippen LogP contribution >= 0.6 is 15.9 Å². The Morgan fingerprint density at radius 3 is 2.63 bits per heavy atom. The summed E-state index contributed by atoms with van der Waals surface area (Å²) in [6.45, 7) is 2.31. The minimum atomic E-state index is -0.226. The first-order valence-electron chi connectivity index (χ1n) is 5.86. The number of benzene rings is 1. The summed E-state index contributed by atoms with van der Waals surface area (Å²) in [7, 11) is 3.05. The normalized spacial score (nSPS) is 9.89. The molecule has 0 saturated heterocycles. The minimum Gasteiger partial charge on any atom is -0.496 e. The van der Waals surface area contributed by atoms with E-state index in [1.165, 1.54) is 12.0 Å². The van der Waals surface area contributed by atoms with Crippen molar-refractivity contribution in [2.24, 2.45) is 0 Å². The van der Waals surface area contributed by atoms with E-state index in [9.17, 15) is 9.59 Å². The summed E-state index contributed by atoms with van der Waals surface area (Å²) in [5, 5.41) is 2.50. The van der Waals surface area contributed by atoms with E-state index in [4.69, 9.17) is 4.74 Å². The Morgan fingerprint density at radius 2 is 2.11 bits per heavy atom. The van der Waals surface area contributed by atoms with Crippen LogP contribution in [0.1, 0.15) is 17.3 Å². The Labute approximate surface area is 121 Å². The van der Waals surface area contributed by atoms with E-state index in [1.807, 2.05) is 6.92 Å². The van der Waals surface area contributed by atoms with Gasteiger partial charge in [0.15, 0.2) is 0 Å². The molecule has 2 amide bonds. The first-order chi connectivity index (χ1) is 9.03. The molecular weight excluding hydrogens is 312 g/mol. The molecule has 5 nitrogen and oxygen atoms in total. The van der Waals surface area contributed by atoms with Crippen molar-refractivity contribution in [3.63, 3.8) is 0 Å². The van der Waals surface area contributed by atoms with Gasteiger partial charge in [0.2, 0.25) is 5.91 Å². The quantitative estimate of drug-likeness (QED) is 0.894. The molecule has 1 N–H and O–H groups in total. The number of nitrogens with one attached hydrogen (secondary N) is 1. The van der Waals surface area contributed by atoms with Gasteiger partial charge in [0.1, 0.15) is 5.75 Å². The van der Waals surface area contributed by atoms with Crippen LogP contribution in [-0.2, 0) is 4.79 Å². The maximum atomic E-state index is 12.4. The molecule has 0 aromatic heterocycles. The van der Waals surface area contributed by atoms with Crippen LogP contribution in [-0.4, -0.2) is 44.0 Å². The highest BCUT2D eigenvalue weighted by Crippen LogP contribution is 2.24. The standard InChI is InChI=1S/C13H17BrN2O3/c1-4-16(8-12(17)15-2)13(18)10-6-5-9(14)7-11(10)19-3/h5-7H,4,8H2,1-3H3,(H,15,17). The summed E-state index contributed by atoms with van der Waals surface area (Å²) in [6, 6.07) is 5.17. The van der Waals surface area contributed by atoms with E-state index in [0.29, 0.717) is 17.9 Å². The van der Waals surface area contributed by atoms with Gasteiger partial charge in [0.05, 0.1) is 19.2 Å². The van der Waals surface area contributed by atoms with Gasteiger partial charge in [-0.15, -0.1) is 0 Å². The lowest BCUT2D eigenvalue weighted by Crippen LogP contribution is -2.39. The van der Waals surface area contributed by atoms with E-state index < -0.39 is 0 Å². The predicted molar refractivity (Wildman–Crippen MR) is 76.3 cm³/mol. The molecule has 0 aliphatic carbocycles. The first kappa shape index (κ1) is 15.5. The molecule has 0 heterocycles. The van der Waals surface area contributed by atoms with Gasteiger partial charge in [0.25, 0.3) is 5.91 Å². The van der Waals surface area contributed by atoms with Gasteiger partial charge in [-0.2, -0.15) is 0 Å². The summed E-state index contributed by atoms with van der Waals surface area (Å²) in [4.78, 5) is 25.2. The fraction of sp³-hybridized carbons (Fsp3) is 0.385. The zero-order valence-corrected chi connectivity index (χ0v) is 12.8. The molecule has 0 fully saturated rings. The zero-order chi connectivity index (χ0) is 14.4. The Morgan fingerprint density at radius 1 is 1.42 bits per heavy atom. The molecule has 0 bridgehead atoms. The number of halogens is 1. The van der Waals surface area contributed by atoms with Crippen LogP contribution in [0.15, 0.2) is 22.7 Å². The molecule has 1 rings (SSSR count). The van der Waals surface area contributed by atoms with Crippen molar-refractivity contribution in [3.8, 4) is 5.75 Å². The number of amides is 2. The van der Waals surface area contributed by atoms with E-state index in [2.05, 4.69) is 21.2 Å². The van der Waals surface area contributed by atoms with Crippen molar-refractivity contribution in [3.05, 3.63) is 28.2 Å². The zero-order valence-electron chi connectivity index (χ0n) is 11.2. The number of likely N-dealkylation sites (N-methyl/N-ethyl adjacent to an activating group) is 2.